The molecule has 0 unspecified atom stereocenters. The number of rotatable bonds is 3. The second kappa shape index (κ2) is 4.99. The summed E-state index contributed by atoms with van der Waals surface area (Å²) in [5, 5.41) is 0. The Balaban J connectivity index is 2.34. The molecule has 0 aromatic heterocycles. The van der Waals surface area contributed by atoms with Crippen LogP contribution in [-0.2, 0) is 0 Å². The van der Waals surface area contributed by atoms with Crippen LogP contribution >= 0.6 is 11.6 Å². The summed E-state index contributed by atoms with van der Waals surface area (Å²) in [6, 6.07) is 20.8. The maximum atomic E-state index is 6.04. The Hall–Kier alpha value is -1.27. The van der Waals surface area contributed by atoms with Crippen LogP contribution in [0.3, 0.4) is 0 Å². The van der Waals surface area contributed by atoms with Crippen LogP contribution < -0.4 is 0 Å². The van der Waals surface area contributed by atoms with Gasteiger partial charge in [0.05, 0.1) is 0 Å². The van der Waals surface area contributed by atoms with Crippen molar-refractivity contribution in [1.29, 1.82) is 0 Å². The van der Waals surface area contributed by atoms with Crippen LogP contribution in [-0.4, -0.2) is 5.88 Å². The predicted molar refractivity (Wildman–Crippen MR) is 65.4 cm³/mol. The predicted octanol–water partition coefficient (Wildman–Crippen LogP) is 4.06. The highest BCUT2D eigenvalue weighted by atomic mass is 35.5. The first-order valence-electron chi connectivity index (χ1n) is 5.07. The zero-order valence-corrected chi connectivity index (χ0v) is 9.19. The van der Waals surface area contributed by atoms with Gasteiger partial charge in [0.25, 0.3) is 0 Å². The lowest BCUT2D eigenvalue weighted by molar-refractivity contribution is 0.931. The summed E-state index contributed by atoms with van der Waals surface area (Å²) in [6.45, 7) is 0. The minimum Gasteiger partial charge on any atom is -0.126 e. The van der Waals surface area contributed by atoms with Crippen molar-refractivity contribution in [3.63, 3.8) is 0 Å². The van der Waals surface area contributed by atoms with E-state index in [-0.39, 0.29) is 0 Å². The van der Waals surface area contributed by atoms with Gasteiger partial charge in [-0.1, -0.05) is 60.7 Å². The van der Waals surface area contributed by atoms with E-state index in [0.717, 1.165) is 0 Å². The topological polar surface area (TPSA) is 0 Å². The van der Waals surface area contributed by atoms with Gasteiger partial charge < -0.3 is 0 Å². The highest BCUT2D eigenvalue weighted by Crippen LogP contribution is 2.25. The molecule has 0 heterocycles. The summed E-state index contributed by atoms with van der Waals surface area (Å²) in [7, 11) is 0. The number of hydrogen-bond acceptors (Lipinski definition) is 0. The zero-order chi connectivity index (χ0) is 10.5. The third kappa shape index (κ3) is 2.40. The SMILES string of the molecule is ClCC(c1ccccc1)c1ccccc1. The minimum absolute atomic E-state index is 0.300. The van der Waals surface area contributed by atoms with Gasteiger partial charge in [-0.3, -0.25) is 0 Å². The van der Waals surface area contributed by atoms with Crippen LogP contribution in [0.15, 0.2) is 60.7 Å². The van der Waals surface area contributed by atoms with Gasteiger partial charge in [0.2, 0.25) is 0 Å². The molecule has 0 fully saturated rings. The van der Waals surface area contributed by atoms with Crippen LogP contribution in [0, 0.1) is 0 Å². The van der Waals surface area contributed by atoms with Gasteiger partial charge in [-0.25, -0.2) is 0 Å². The fourth-order valence-electron chi connectivity index (χ4n) is 1.74. The second-order valence-electron chi connectivity index (χ2n) is 3.53. The van der Waals surface area contributed by atoms with Crippen molar-refractivity contribution in [3.05, 3.63) is 71.8 Å². The molecule has 0 aliphatic heterocycles. The fraction of sp³-hybridized carbons (Fsp3) is 0.143. The molecule has 0 spiro atoms. The normalized spacial score (nSPS) is 10.5. The summed E-state index contributed by atoms with van der Waals surface area (Å²) in [6.07, 6.45) is 0. The summed E-state index contributed by atoms with van der Waals surface area (Å²) in [5.74, 6) is 0.919. The molecule has 0 saturated carbocycles. The van der Waals surface area contributed by atoms with Crippen molar-refractivity contribution in [2.24, 2.45) is 0 Å². The van der Waals surface area contributed by atoms with E-state index in [2.05, 4.69) is 48.5 Å². The first kappa shape index (κ1) is 10.3. The van der Waals surface area contributed by atoms with Crippen LogP contribution in [0.2, 0.25) is 0 Å². The number of halogens is 1. The van der Waals surface area contributed by atoms with Crippen molar-refractivity contribution in [2.75, 3.05) is 5.88 Å². The van der Waals surface area contributed by atoms with E-state index < -0.39 is 0 Å². The maximum Gasteiger partial charge on any atom is 0.0333 e. The summed E-state index contributed by atoms with van der Waals surface area (Å²) >= 11 is 6.04. The third-order valence-electron chi connectivity index (χ3n) is 2.56. The highest BCUT2D eigenvalue weighted by molar-refractivity contribution is 6.18. The van der Waals surface area contributed by atoms with Crippen LogP contribution in [0.1, 0.15) is 17.0 Å². The molecule has 2 aromatic carbocycles. The molecule has 0 N–H and O–H groups in total. The quantitative estimate of drug-likeness (QED) is 0.679. The first-order chi connectivity index (χ1) is 7.42. The van der Waals surface area contributed by atoms with E-state index in [0.29, 0.717) is 11.8 Å². The van der Waals surface area contributed by atoms with Crippen molar-refractivity contribution < 1.29 is 0 Å². The lowest BCUT2D eigenvalue weighted by Crippen LogP contribution is -2.01. The first-order valence-corrected chi connectivity index (χ1v) is 5.61. The van der Waals surface area contributed by atoms with Gasteiger partial charge in [0, 0.05) is 11.8 Å². The van der Waals surface area contributed by atoms with Crippen LogP contribution in [0.4, 0.5) is 0 Å². The molecule has 0 amide bonds. The molecule has 1 heteroatoms. The Morgan fingerprint density at radius 2 is 1.13 bits per heavy atom. The van der Waals surface area contributed by atoms with Gasteiger partial charge in [0.15, 0.2) is 0 Å². The van der Waals surface area contributed by atoms with Crippen molar-refractivity contribution in [1.82, 2.24) is 0 Å². The largest absolute Gasteiger partial charge is 0.126 e. The smallest absolute Gasteiger partial charge is 0.0333 e. The molecule has 2 rings (SSSR count). The molecule has 0 aliphatic rings. The standard InChI is InChI=1S/C14H13Cl/c15-11-14(12-7-3-1-4-8-12)13-9-5-2-6-10-13/h1-10,14H,11H2. The van der Waals surface area contributed by atoms with Gasteiger partial charge in [-0.2, -0.15) is 0 Å². The van der Waals surface area contributed by atoms with E-state index in [1.165, 1.54) is 11.1 Å². The summed E-state index contributed by atoms with van der Waals surface area (Å²) in [5.41, 5.74) is 2.55. The Bertz CT molecular complexity index is 355. The monoisotopic (exact) mass is 216 g/mol. The average Bonchev–Trinajstić information content (AvgIpc) is 2.33. The minimum atomic E-state index is 0.300. The van der Waals surface area contributed by atoms with Crippen molar-refractivity contribution >= 4 is 11.6 Å². The third-order valence-corrected chi connectivity index (χ3v) is 2.87. The number of alkyl halides is 1. The lowest BCUT2D eigenvalue weighted by atomic mass is 9.93. The van der Waals surface area contributed by atoms with Crippen LogP contribution in [0.25, 0.3) is 0 Å². The van der Waals surface area contributed by atoms with Crippen LogP contribution in [0.5, 0.6) is 0 Å². The Morgan fingerprint density at radius 3 is 1.47 bits per heavy atom. The number of hydrogen-bond donors (Lipinski definition) is 0. The maximum absolute atomic E-state index is 6.04. The van der Waals surface area contributed by atoms with E-state index in [9.17, 15) is 0 Å². The molecule has 76 valence electrons. The average molecular weight is 217 g/mol. The molecule has 0 bridgehead atoms. The molecule has 0 nitrogen and oxygen atoms in total. The molecule has 0 atom stereocenters. The fourth-order valence-corrected chi connectivity index (χ4v) is 2.10. The summed E-state index contributed by atoms with van der Waals surface area (Å²) in [4.78, 5) is 0. The van der Waals surface area contributed by atoms with E-state index >= 15 is 0 Å². The zero-order valence-electron chi connectivity index (χ0n) is 8.44. The van der Waals surface area contributed by atoms with Crippen molar-refractivity contribution in [3.8, 4) is 0 Å². The van der Waals surface area contributed by atoms with Gasteiger partial charge in [-0.15, -0.1) is 11.6 Å². The lowest BCUT2D eigenvalue weighted by Gasteiger charge is -2.14. The Labute approximate surface area is 95.5 Å². The highest BCUT2D eigenvalue weighted by Gasteiger charge is 2.11. The van der Waals surface area contributed by atoms with Gasteiger partial charge >= 0.3 is 0 Å². The molecule has 0 saturated heterocycles. The molecule has 15 heavy (non-hydrogen) atoms. The van der Waals surface area contributed by atoms with Gasteiger partial charge in [0.1, 0.15) is 0 Å². The van der Waals surface area contributed by atoms with Crippen molar-refractivity contribution in [2.45, 2.75) is 5.92 Å². The summed E-state index contributed by atoms with van der Waals surface area (Å²) < 4.78 is 0. The van der Waals surface area contributed by atoms with E-state index in [1.807, 2.05) is 12.1 Å². The molecular formula is C14H13Cl. The van der Waals surface area contributed by atoms with E-state index in [1.54, 1.807) is 0 Å². The Kier molecular flexibility index (Phi) is 3.41. The van der Waals surface area contributed by atoms with Gasteiger partial charge in [-0.05, 0) is 11.1 Å². The Morgan fingerprint density at radius 1 is 0.733 bits per heavy atom. The molecule has 2 aromatic rings. The molecule has 0 radical (unpaired) electrons. The number of benzene rings is 2. The molecule has 0 aliphatic carbocycles. The second-order valence-corrected chi connectivity index (χ2v) is 3.84. The van der Waals surface area contributed by atoms with E-state index in [4.69, 9.17) is 11.6 Å². The molecular weight excluding hydrogens is 204 g/mol.